The number of halogens is 2. The first-order valence-electron chi connectivity index (χ1n) is 10.8. The van der Waals surface area contributed by atoms with Crippen molar-refractivity contribution in [3.05, 3.63) is 52.1 Å². The number of carboxylic acids is 1. The molecule has 9 heteroatoms. The molecule has 0 radical (unpaired) electrons. The third kappa shape index (κ3) is 3.97. The minimum Gasteiger partial charge on any atom is -0.489 e. The van der Waals surface area contributed by atoms with Crippen LogP contribution in [0.5, 0.6) is 5.75 Å². The molecule has 0 bridgehead atoms. The summed E-state index contributed by atoms with van der Waals surface area (Å²) >= 11 is 6.07. The van der Waals surface area contributed by atoms with Gasteiger partial charge in [-0.3, -0.25) is 9.69 Å². The van der Waals surface area contributed by atoms with Crippen molar-refractivity contribution in [1.29, 1.82) is 0 Å². The summed E-state index contributed by atoms with van der Waals surface area (Å²) in [6.07, 6.45) is 3.04. The van der Waals surface area contributed by atoms with E-state index in [9.17, 15) is 14.0 Å². The number of aromatic carboxylic acids is 1. The van der Waals surface area contributed by atoms with E-state index in [2.05, 4.69) is 15.5 Å². The Morgan fingerprint density at radius 1 is 1.47 bits per heavy atom. The Morgan fingerprint density at radius 3 is 2.94 bits per heavy atom. The van der Waals surface area contributed by atoms with Gasteiger partial charge in [0.15, 0.2) is 0 Å². The summed E-state index contributed by atoms with van der Waals surface area (Å²) in [6.45, 7) is 5.64. The maximum absolute atomic E-state index is 14.5. The number of carboxylic acid groups (broad SMARTS) is 1. The SMILES string of the molecule is CCNC1=C2NC(=O)[C@@](C)(N3CCC[C@@H](Oc4ccc(C(=O)O)c(Cl)c4)C3)C2CC(F)=C1. The number of hydrogen-bond acceptors (Lipinski definition) is 5. The lowest BCUT2D eigenvalue weighted by atomic mass is 9.79. The second-order valence-electron chi connectivity index (χ2n) is 8.58. The van der Waals surface area contributed by atoms with Crippen LogP contribution >= 0.6 is 11.6 Å². The highest BCUT2D eigenvalue weighted by Crippen LogP contribution is 2.44. The maximum atomic E-state index is 14.5. The normalized spacial score (nSPS) is 28.1. The number of likely N-dealkylation sites (tertiary alicyclic amines) is 1. The molecule has 3 aliphatic rings. The quantitative estimate of drug-likeness (QED) is 0.598. The van der Waals surface area contributed by atoms with Gasteiger partial charge in [0.2, 0.25) is 5.91 Å². The van der Waals surface area contributed by atoms with E-state index >= 15 is 0 Å². The van der Waals surface area contributed by atoms with E-state index in [4.69, 9.17) is 21.4 Å². The Kier molecular flexibility index (Phi) is 6.18. The van der Waals surface area contributed by atoms with Gasteiger partial charge in [0.05, 0.1) is 16.3 Å². The van der Waals surface area contributed by atoms with Gasteiger partial charge in [-0.1, -0.05) is 11.6 Å². The van der Waals surface area contributed by atoms with E-state index in [0.717, 1.165) is 18.5 Å². The second-order valence-corrected chi connectivity index (χ2v) is 8.99. The first-order chi connectivity index (χ1) is 15.2. The molecule has 3 atom stereocenters. The molecule has 2 saturated heterocycles. The van der Waals surface area contributed by atoms with Crippen molar-refractivity contribution in [2.45, 2.75) is 44.8 Å². The minimum absolute atomic E-state index is 0.0163. The summed E-state index contributed by atoms with van der Waals surface area (Å²) in [5.41, 5.74) is 0.507. The number of ether oxygens (including phenoxy) is 1. The van der Waals surface area contributed by atoms with Gasteiger partial charge < -0.3 is 20.5 Å². The zero-order chi connectivity index (χ0) is 23.0. The molecular formula is C23H27ClFN3O4. The number of amides is 1. The first-order valence-corrected chi connectivity index (χ1v) is 11.2. The fourth-order valence-electron chi connectivity index (χ4n) is 4.91. The number of nitrogens with one attached hydrogen (secondary N) is 2. The largest absolute Gasteiger partial charge is 0.489 e. The summed E-state index contributed by atoms with van der Waals surface area (Å²) < 4.78 is 20.6. The average molecular weight is 464 g/mol. The lowest BCUT2D eigenvalue weighted by Gasteiger charge is -2.44. The molecule has 0 saturated carbocycles. The smallest absolute Gasteiger partial charge is 0.337 e. The number of carbonyl (C=O) groups excluding carboxylic acids is 1. The van der Waals surface area contributed by atoms with Gasteiger partial charge in [-0.2, -0.15) is 0 Å². The molecule has 32 heavy (non-hydrogen) atoms. The molecule has 1 aromatic carbocycles. The standard InChI is InChI=1S/C23H27ClFN3O4/c1-3-26-19-10-13(25)9-17-20(19)27-22(31)23(17,2)28-8-4-5-15(12-28)32-14-6-7-16(21(29)30)18(24)11-14/h6-7,10-11,15,17,26H,3-5,8-9,12H2,1-2H3,(H,27,31)(H,29,30)/t15-,17?,23+/m1/s1. The molecule has 0 aromatic heterocycles. The van der Waals surface area contributed by atoms with Crippen molar-refractivity contribution in [3.63, 3.8) is 0 Å². The second kappa shape index (κ2) is 8.75. The third-order valence-electron chi connectivity index (χ3n) is 6.60. The van der Waals surface area contributed by atoms with Gasteiger partial charge in [0, 0.05) is 31.1 Å². The van der Waals surface area contributed by atoms with Crippen LogP contribution in [0.1, 0.15) is 43.5 Å². The van der Waals surface area contributed by atoms with Crippen molar-refractivity contribution >= 4 is 23.5 Å². The first kappa shape index (κ1) is 22.6. The molecular weight excluding hydrogens is 437 g/mol. The molecule has 1 aromatic rings. The van der Waals surface area contributed by atoms with E-state index < -0.39 is 11.5 Å². The highest BCUT2D eigenvalue weighted by molar-refractivity contribution is 6.33. The Hall–Kier alpha value is -2.58. The number of allylic oxidation sites excluding steroid dienone is 2. The Morgan fingerprint density at radius 2 is 2.25 bits per heavy atom. The molecule has 0 spiro atoms. The maximum Gasteiger partial charge on any atom is 0.337 e. The zero-order valence-electron chi connectivity index (χ0n) is 18.1. The summed E-state index contributed by atoms with van der Waals surface area (Å²) in [5, 5.41) is 15.4. The topological polar surface area (TPSA) is 90.9 Å². The molecule has 3 N–H and O–H groups in total. The van der Waals surface area contributed by atoms with Crippen LogP contribution in [-0.4, -0.2) is 53.2 Å². The molecule has 2 aliphatic heterocycles. The summed E-state index contributed by atoms with van der Waals surface area (Å²) in [4.78, 5) is 26.4. The highest BCUT2D eigenvalue weighted by Gasteiger charge is 2.55. The van der Waals surface area contributed by atoms with E-state index in [-0.39, 0.29) is 40.8 Å². The predicted molar refractivity (Wildman–Crippen MR) is 118 cm³/mol. The number of carbonyl (C=O) groups is 2. The Balaban J connectivity index is 1.54. The monoisotopic (exact) mass is 463 g/mol. The Bertz CT molecular complexity index is 1010. The van der Waals surface area contributed by atoms with Gasteiger partial charge in [-0.05, 0) is 57.5 Å². The van der Waals surface area contributed by atoms with Crippen molar-refractivity contribution in [2.75, 3.05) is 19.6 Å². The van der Waals surface area contributed by atoms with Crippen LogP contribution in [0, 0.1) is 5.92 Å². The summed E-state index contributed by atoms with van der Waals surface area (Å²) in [6, 6.07) is 4.50. The van der Waals surface area contributed by atoms with Crippen LogP contribution in [-0.2, 0) is 4.79 Å². The number of likely N-dealkylation sites (N-methyl/N-ethyl adjacent to an activating group) is 1. The van der Waals surface area contributed by atoms with Crippen LogP contribution < -0.4 is 15.4 Å². The molecule has 4 rings (SSSR count). The predicted octanol–water partition coefficient (Wildman–Crippen LogP) is 3.46. The lowest BCUT2D eigenvalue weighted by Crippen LogP contribution is -2.59. The average Bonchev–Trinajstić information content (AvgIpc) is 3.00. The lowest BCUT2D eigenvalue weighted by molar-refractivity contribution is -0.132. The fourth-order valence-corrected chi connectivity index (χ4v) is 5.16. The van der Waals surface area contributed by atoms with Crippen molar-refractivity contribution < 1.29 is 23.8 Å². The van der Waals surface area contributed by atoms with E-state index in [0.29, 0.717) is 31.1 Å². The van der Waals surface area contributed by atoms with Crippen molar-refractivity contribution in [1.82, 2.24) is 15.5 Å². The molecule has 7 nitrogen and oxygen atoms in total. The molecule has 2 fully saturated rings. The van der Waals surface area contributed by atoms with Crippen LogP contribution in [0.3, 0.4) is 0 Å². The van der Waals surface area contributed by atoms with E-state index in [1.165, 1.54) is 18.2 Å². The van der Waals surface area contributed by atoms with Crippen LogP contribution in [0.25, 0.3) is 0 Å². The number of piperidine rings is 1. The number of rotatable bonds is 6. The number of fused-ring (bicyclic) bond motifs is 1. The van der Waals surface area contributed by atoms with E-state index in [1.807, 2.05) is 13.8 Å². The number of nitrogens with zero attached hydrogens (tertiary/aromatic N) is 1. The zero-order valence-corrected chi connectivity index (χ0v) is 18.8. The van der Waals surface area contributed by atoms with Gasteiger partial charge >= 0.3 is 5.97 Å². The molecule has 2 heterocycles. The van der Waals surface area contributed by atoms with Gasteiger partial charge in [-0.25, -0.2) is 9.18 Å². The fraction of sp³-hybridized carbons (Fsp3) is 0.478. The molecule has 1 aliphatic carbocycles. The van der Waals surface area contributed by atoms with E-state index in [1.54, 1.807) is 6.07 Å². The van der Waals surface area contributed by atoms with Gasteiger partial charge in [0.1, 0.15) is 23.2 Å². The number of hydrogen-bond donors (Lipinski definition) is 3. The summed E-state index contributed by atoms with van der Waals surface area (Å²) in [5.74, 6) is -1.30. The van der Waals surface area contributed by atoms with Crippen LogP contribution in [0.4, 0.5) is 4.39 Å². The van der Waals surface area contributed by atoms with Gasteiger partial charge in [-0.15, -0.1) is 0 Å². The number of benzene rings is 1. The summed E-state index contributed by atoms with van der Waals surface area (Å²) in [7, 11) is 0. The van der Waals surface area contributed by atoms with Crippen LogP contribution in [0.15, 0.2) is 41.5 Å². The van der Waals surface area contributed by atoms with Gasteiger partial charge in [0.25, 0.3) is 0 Å². The molecule has 1 unspecified atom stereocenters. The minimum atomic E-state index is -1.10. The Labute approximate surface area is 191 Å². The highest BCUT2D eigenvalue weighted by atomic mass is 35.5. The third-order valence-corrected chi connectivity index (χ3v) is 6.91. The molecule has 1 amide bonds. The van der Waals surface area contributed by atoms with Crippen LogP contribution in [0.2, 0.25) is 5.02 Å². The molecule has 172 valence electrons. The van der Waals surface area contributed by atoms with Crippen molar-refractivity contribution in [3.8, 4) is 5.75 Å². The van der Waals surface area contributed by atoms with Crippen molar-refractivity contribution in [2.24, 2.45) is 5.92 Å².